The molecule has 3 heterocycles. The highest BCUT2D eigenvalue weighted by Gasteiger charge is 2.39. The van der Waals surface area contributed by atoms with Gasteiger partial charge in [0.2, 0.25) is 0 Å². The molecular formula is C29H25Cl2N5O3. The summed E-state index contributed by atoms with van der Waals surface area (Å²) in [6.45, 7) is 1.24. The van der Waals surface area contributed by atoms with Crippen LogP contribution in [0.4, 0.5) is 5.69 Å². The molecule has 0 N–H and O–H groups in total. The summed E-state index contributed by atoms with van der Waals surface area (Å²) < 4.78 is 6.76. The van der Waals surface area contributed by atoms with E-state index >= 15 is 0 Å². The van der Waals surface area contributed by atoms with Gasteiger partial charge in [-0.3, -0.25) is 14.5 Å². The van der Waals surface area contributed by atoms with Gasteiger partial charge in [-0.05, 0) is 47.5 Å². The first-order valence-corrected chi connectivity index (χ1v) is 13.1. The van der Waals surface area contributed by atoms with Crippen LogP contribution in [0.5, 0.6) is 0 Å². The zero-order chi connectivity index (χ0) is 27.7. The van der Waals surface area contributed by atoms with Crippen LogP contribution in [0, 0.1) is 11.3 Å². The van der Waals surface area contributed by atoms with Gasteiger partial charge in [-0.1, -0.05) is 47.5 Å². The number of methoxy groups -OCH3 is 1. The first-order valence-electron chi connectivity index (χ1n) is 12.3. The highest BCUT2D eigenvalue weighted by Crippen LogP contribution is 2.35. The minimum Gasteiger partial charge on any atom is -0.468 e. The van der Waals surface area contributed by atoms with E-state index in [0.29, 0.717) is 39.9 Å². The molecule has 1 aliphatic rings. The highest BCUT2D eigenvalue weighted by atomic mass is 35.5. The second kappa shape index (κ2) is 11.1. The molecule has 0 saturated carbocycles. The molecule has 2 aromatic carbocycles. The van der Waals surface area contributed by atoms with Gasteiger partial charge in [0.05, 0.1) is 24.4 Å². The zero-order valence-electron chi connectivity index (χ0n) is 21.3. The number of anilines is 1. The summed E-state index contributed by atoms with van der Waals surface area (Å²) in [7, 11) is 3.04. The van der Waals surface area contributed by atoms with Crippen molar-refractivity contribution in [2.75, 3.05) is 31.6 Å². The van der Waals surface area contributed by atoms with Gasteiger partial charge in [0.25, 0.3) is 5.56 Å². The lowest BCUT2D eigenvalue weighted by Crippen LogP contribution is -2.58. The summed E-state index contributed by atoms with van der Waals surface area (Å²) in [6.07, 6.45) is 0. The van der Waals surface area contributed by atoms with Crippen molar-refractivity contribution in [3.8, 4) is 6.07 Å². The van der Waals surface area contributed by atoms with Crippen LogP contribution in [0.3, 0.4) is 0 Å². The number of carbonyl (C=O) groups excluding carboxylic acids is 1. The largest absolute Gasteiger partial charge is 0.468 e. The third-order valence-corrected chi connectivity index (χ3v) is 7.63. The maximum Gasteiger partial charge on any atom is 0.324 e. The molecular weight excluding hydrogens is 537 g/mol. The number of aromatic nitrogens is 2. The third-order valence-electron chi connectivity index (χ3n) is 7.12. The Labute approximate surface area is 235 Å². The number of ether oxygens (including phenoxy) is 1. The zero-order valence-corrected chi connectivity index (χ0v) is 22.9. The van der Waals surface area contributed by atoms with Crippen LogP contribution < -0.4 is 10.5 Å². The fourth-order valence-corrected chi connectivity index (χ4v) is 5.40. The molecule has 5 rings (SSSR count). The molecule has 0 radical (unpaired) electrons. The van der Waals surface area contributed by atoms with Crippen molar-refractivity contribution in [1.82, 2.24) is 14.5 Å². The number of benzene rings is 2. The van der Waals surface area contributed by atoms with Gasteiger partial charge in [0.1, 0.15) is 23.3 Å². The van der Waals surface area contributed by atoms with E-state index in [-0.39, 0.29) is 23.8 Å². The molecule has 0 amide bonds. The number of hydrogen-bond acceptors (Lipinski definition) is 7. The number of hydrogen-bond donors (Lipinski definition) is 0. The average molecular weight is 562 g/mol. The topological polar surface area (TPSA) is 91.5 Å². The highest BCUT2D eigenvalue weighted by molar-refractivity contribution is 6.30. The number of fused-ring (bicyclic) bond motifs is 1. The number of esters is 1. The number of pyridine rings is 2. The fraction of sp³-hybridized carbons (Fsp3) is 0.241. The van der Waals surface area contributed by atoms with E-state index in [9.17, 15) is 14.9 Å². The lowest BCUT2D eigenvalue weighted by atomic mass is 9.94. The van der Waals surface area contributed by atoms with Crippen molar-refractivity contribution in [2.24, 2.45) is 7.05 Å². The summed E-state index contributed by atoms with van der Waals surface area (Å²) in [5.74, 6) is -0.397. The summed E-state index contributed by atoms with van der Waals surface area (Å²) in [5, 5.41) is 10.7. The van der Waals surface area contributed by atoms with Crippen molar-refractivity contribution < 1.29 is 9.53 Å². The molecule has 39 heavy (non-hydrogen) atoms. The van der Waals surface area contributed by atoms with Crippen LogP contribution in [0.25, 0.3) is 11.0 Å². The number of halogens is 2. The lowest BCUT2D eigenvalue weighted by Gasteiger charge is -2.45. The Balaban J connectivity index is 1.59. The Kier molecular flexibility index (Phi) is 7.58. The van der Waals surface area contributed by atoms with Gasteiger partial charge in [-0.25, -0.2) is 4.98 Å². The first kappa shape index (κ1) is 26.7. The Hall–Kier alpha value is -3.90. The van der Waals surface area contributed by atoms with E-state index in [4.69, 9.17) is 27.9 Å². The predicted molar refractivity (Wildman–Crippen MR) is 151 cm³/mol. The van der Waals surface area contributed by atoms with Gasteiger partial charge in [-0.2, -0.15) is 5.26 Å². The quantitative estimate of drug-likeness (QED) is 0.329. The molecule has 8 nitrogen and oxygen atoms in total. The lowest BCUT2D eigenvalue weighted by molar-refractivity contribution is -0.148. The molecule has 4 aromatic rings. The fourth-order valence-electron chi connectivity index (χ4n) is 5.15. The molecule has 2 aromatic heterocycles. The third kappa shape index (κ3) is 5.21. The summed E-state index contributed by atoms with van der Waals surface area (Å²) in [5.41, 5.74) is 3.67. The van der Waals surface area contributed by atoms with E-state index in [1.165, 1.54) is 17.7 Å². The van der Waals surface area contributed by atoms with E-state index in [2.05, 4.69) is 16.0 Å². The van der Waals surface area contributed by atoms with Crippen molar-refractivity contribution >= 4 is 45.9 Å². The Morgan fingerprint density at radius 3 is 2.21 bits per heavy atom. The normalized spacial score (nSPS) is 15.9. The van der Waals surface area contributed by atoms with Gasteiger partial charge in [0, 0.05) is 42.8 Å². The number of piperazine rings is 1. The standard InChI is InChI=1S/C29H25Cl2N5O3/c1-34-23-12-11-22(16-32)33-27(23)24(15-26(34)37)35-13-14-36(25(17-35)29(38)39-2)28(18-3-7-20(30)8-4-18)19-5-9-21(31)10-6-19/h3-12,15,25,28H,13-14,17H2,1-2H3. The number of aryl methyl sites for hydroxylation is 1. The Morgan fingerprint density at radius 2 is 1.64 bits per heavy atom. The van der Waals surface area contributed by atoms with Crippen LogP contribution in [0.15, 0.2) is 71.5 Å². The van der Waals surface area contributed by atoms with Gasteiger partial charge in [0.15, 0.2) is 0 Å². The van der Waals surface area contributed by atoms with Gasteiger partial charge in [-0.15, -0.1) is 0 Å². The average Bonchev–Trinajstić information content (AvgIpc) is 2.96. The molecule has 1 fully saturated rings. The summed E-state index contributed by atoms with van der Waals surface area (Å²) in [6, 6.07) is 21.0. The minimum absolute atomic E-state index is 0.207. The van der Waals surface area contributed by atoms with Crippen molar-refractivity contribution in [3.63, 3.8) is 0 Å². The molecule has 0 spiro atoms. The molecule has 10 heteroatoms. The monoisotopic (exact) mass is 561 g/mol. The van der Waals surface area contributed by atoms with Crippen LogP contribution in [0.1, 0.15) is 22.9 Å². The second-order valence-electron chi connectivity index (χ2n) is 9.33. The van der Waals surface area contributed by atoms with Crippen LogP contribution >= 0.6 is 23.2 Å². The van der Waals surface area contributed by atoms with E-state index in [1.54, 1.807) is 19.2 Å². The molecule has 1 aliphatic heterocycles. The van der Waals surface area contributed by atoms with Gasteiger partial charge < -0.3 is 14.2 Å². The van der Waals surface area contributed by atoms with Crippen molar-refractivity contribution in [3.05, 3.63) is 104 Å². The van der Waals surface area contributed by atoms with Crippen LogP contribution in [0.2, 0.25) is 10.0 Å². The SMILES string of the molecule is COC(=O)C1CN(c2cc(=O)n(C)c3ccc(C#N)nc23)CCN1C(c1ccc(Cl)cc1)c1ccc(Cl)cc1. The molecule has 1 saturated heterocycles. The Bertz CT molecular complexity index is 1590. The van der Waals surface area contributed by atoms with E-state index in [0.717, 1.165) is 11.1 Å². The first-order chi connectivity index (χ1) is 18.8. The van der Waals surface area contributed by atoms with Crippen LogP contribution in [-0.2, 0) is 16.6 Å². The Morgan fingerprint density at radius 1 is 1.03 bits per heavy atom. The number of rotatable bonds is 5. The van der Waals surface area contributed by atoms with Crippen molar-refractivity contribution in [1.29, 1.82) is 5.26 Å². The molecule has 0 aliphatic carbocycles. The van der Waals surface area contributed by atoms with Gasteiger partial charge >= 0.3 is 5.97 Å². The maximum atomic E-state index is 13.3. The van der Waals surface area contributed by atoms with Crippen LogP contribution in [-0.4, -0.2) is 53.2 Å². The molecule has 0 bridgehead atoms. The second-order valence-corrected chi connectivity index (χ2v) is 10.2. The number of nitrogens with zero attached hydrogens (tertiary/aromatic N) is 5. The molecule has 1 atom stereocenters. The smallest absolute Gasteiger partial charge is 0.324 e. The maximum absolute atomic E-state index is 13.3. The van der Waals surface area contributed by atoms with Crippen molar-refractivity contribution in [2.45, 2.75) is 12.1 Å². The number of carbonyl (C=O) groups is 1. The summed E-state index contributed by atoms with van der Waals surface area (Å²) >= 11 is 12.4. The van der Waals surface area contributed by atoms with E-state index in [1.807, 2.05) is 53.4 Å². The predicted octanol–water partition coefficient (Wildman–Crippen LogP) is 4.57. The minimum atomic E-state index is -0.668. The molecule has 1 unspecified atom stereocenters. The summed E-state index contributed by atoms with van der Waals surface area (Å²) in [4.78, 5) is 34.7. The van der Waals surface area contributed by atoms with E-state index < -0.39 is 12.0 Å². The molecule has 198 valence electrons. The number of nitriles is 1.